The summed E-state index contributed by atoms with van der Waals surface area (Å²) >= 11 is 0. The zero-order valence-electron chi connectivity index (χ0n) is 13.4. The molecule has 1 unspecified atom stereocenters. The molecule has 128 valence electrons. The molecule has 3 rings (SSSR count). The molecule has 8 heteroatoms. The number of nitro groups is 1. The van der Waals surface area contributed by atoms with Crippen molar-refractivity contribution in [2.75, 3.05) is 0 Å². The minimum atomic E-state index is -1.10. The van der Waals surface area contributed by atoms with Gasteiger partial charge in [-0.2, -0.15) is 0 Å². The molecule has 0 aliphatic heterocycles. The highest BCUT2D eigenvalue weighted by molar-refractivity contribution is 5.75. The summed E-state index contributed by atoms with van der Waals surface area (Å²) in [5.41, 5.74) is 9.23. The van der Waals surface area contributed by atoms with Gasteiger partial charge in [-0.3, -0.25) is 14.9 Å². The van der Waals surface area contributed by atoms with E-state index in [1.807, 2.05) is 29.7 Å². The maximum Gasteiger partial charge on any atom is 0.320 e. The van der Waals surface area contributed by atoms with Crippen LogP contribution in [0.5, 0.6) is 0 Å². The van der Waals surface area contributed by atoms with E-state index >= 15 is 0 Å². The number of fused-ring (bicyclic) bond motifs is 1. The molecule has 0 saturated carbocycles. The molecule has 0 bridgehead atoms. The molecule has 0 spiro atoms. The monoisotopic (exact) mass is 340 g/mol. The van der Waals surface area contributed by atoms with Gasteiger partial charge in [-0.25, -0.2) is 4.98 Å². The van der Waals surface area contributed by atoms with Crippen molar-refractivity contribution in [1.82, 2.24) is 9.38 Å². The number of non-ortho nitro benzene ring substituents is 1. The van der Waals surface area contributed by atoms with Gasteiger partial charge in [-0.15, -0.1) is 0 Å². The molecule has 3 aromatic rings. The van der Waals surface area contributed by atoms with E-state index in [1.165, 1.54) is 12.1 Å². The fraction of sp³-hybridized carbons (Fsp3) is 0.176. The van der Waals surface area contributed by atoms with E-state index in [0.29, 0.717) is 22.6 Å². The van der Waals surface area contributed by atoms with Crippen molar-refractivity contribution >= 4 is 17.3 Å². The summed E-state index contributed by atoms with van der Waals surface area (Å²) in [4.78, 5) is 26.1. The van der Waals surface area contributed by atoms with Crippen molar-refractivity contribution in [1.29, 1.82) is 0 Å². The van der Waals surface area contributed by atoms with Crippen LogP contribution in [0.2, 0.25) is 0 Å². The van der Waals surface area contributed by atoms with Gasteiger partial charge in [0.2, 0.25) is 0 Å². The van der Waals surface area contributed by atoms with Gasteiger partial charge in [0.15, 0.2) is 0 Å². The number of hydrogen-bond donors (Lipinski definition) is 2. The van der Waals surface area contributed by atoms with Gasteiger partial charge in [-0.05, 0) is 30.7 Å². The highest BCUT2D eigenvalue weighted by Crippen LogP contribution is 2.27. The first kappa shape index (κ1) is 16.6. The van der Waals surface area contributed by atoms with E-state index in [0.717, 1.165) is 5.56 Å². The first-order valence-electron chi connectivity index (χ1n) is 7.57. The lowest BCUT2D eigenvalue weighted by molar-refractivity contribution is -0.384. The largest absolute Gasteiger partial charge is 0.480 e. The molecule has 0 fully saturated rings. The van der Waals surface area contributed by atoms with Crippen molar-refractivity contribution < 1.29 is 14.8 Å². The Hall–Kier alpha value is -3.26. The highest BCUT2D eigenvalue weighted by Gasteiger charge is 2.21. The molecule has 0 aliphatic rings. The van der Waals surface area contributed by atoms with Gasteiger partial charge in [0.1, 0.15) is 11.7 Å². The predicted octanol–water partition coefficient (Wildman–Crippen LogP) is 2.17. The summed E-state index contributed by atoms with van der Waals surface area (Å²) in [6, 6.07) is 8.66. The number of benzene rings is 1. The number of carboxylic acids is 1. The van der Waals surface area contributed by atoms with E-state index in [-0.39, 0.29) is 12.1 Å². The summed E-state index contributed by atoms with van der Waals surface area (Å²) in [5.74, 6) is -1.10. The highest BCUT2D eigenvalue weighted by atomic mass is 16.6. The molecular formula is C17H16N4O4. The second-order valence-electron chi connectivity index (χ2n) is 5.79. The van der Waals surface area contributed by atoms with Crippen LogP contribution in [-0.4, -0.2) is 31.4 Å². The number of hydrogen-bond acceptors (Lipinski definition) is 5. The van der Waals surface area contributed by atoms with Gasteiger partial charge in [0.25, 0.3) is 5.69 Å². The third-order valence-electron chi connectivity index (χ3n) is 3.95. The SMILES string of the molecule is Cc1ccc2nc(-c3ccc([N+](=O)[O-])cc3)c(CC(N)C(=O)O)n2c1. The molecule has 0 saturated heterocycles. The topological polar surface area (TPSA) is 124 Å². The Balaban J connectivity index is 2.15. The number of rotatable bonds is 5. The molecular weight excluding hydrogens is 324 g/mol. The number of carboxylic acid groups (broad SMARTS) is 1. The van der Waals surface area contributed by atoms with Gasteiger partial charge in [-0.1, -0.05) is 6.07 Å². The number of nitrogens with two attached hydrogens (primary N) is 1. The fourth-order valence-corrected chi connectivity index (χ4v) is 2.66. The number of pyridine rings is 1. The molecule has 1 atom stereocenters. The molecule has 3 N–H and O–H groups in total. The van der Waals surface area contributed by atoms with Crippen LogP contribution in [0.1, 0.15) is 11.3 Å². The van der Waals surface area contributed by atoms with Crippen LogP contribution in [0, 0.1) is 17.0 Å². The van der Waals surface area contributed by atoms with Crippen LogP contribution < -0.4 is 5.73 Å². The van der Waals surface area contributed by atoms with Crippen molar-refractivity contribution in [3.8, 4) is 11.3 Å². The normalized spacial score (nSPS) is 12.2. The maximum absolute atomic E-state index is 11.2. The van der Waals surface area contributed by atoms with Crippen LogP contribution in [0.3, 0.4) is 0 Å². The standard InChI is InChI=1S/C17H16N4O4/c1-10-2-7-15-19-16(11-3-5-12(6-4-11)21(24)25)14(20(15)9-10)8-13(18)17(22)23/h2-7,9,13H,8,18H2,1H3,(H,22,23). The molecule has 8 nitrogen and oxygen atoms in total. The van der Waals surface area contributed by atoms with Crippen molar-refractivity contribution in [3.63, 3.8) is 0 Å². The summed E-state index contributed by atoms with van der Waals surface area (Å²) < 4.78 is 1.81. The van der Waals surface area contributed by atoms with Crippen molar-refractivity contribution in [3.05, 3.63) is 64.0 Å². The van der Waals surface area contributed by atoms with Gasteiger partial charge >= 0.3 is 5.97 Å². The Labute approximate surface area is 142 Å². The van der Waals surface area contributed by atoms with E-state index in [2.05, 4.69) is 4.98 Å². The number of aromatic nitrogens is 2. The summed E-state index contributed by atoms with van der Waals surface area (Å²) in [6.45, 7) is 1.92. The third-order valence-corrected chi connectivity index (χ3v) is 3.95. The lowest BCUT2D eigenvalue weighted by atomic mass is 10.1. The average molecular weight is 340 g/mol. The number of aryl methyl sites for hydroxylation is 1. The van der Waals surface area contributed by atoms with E-state index < -0.39 is 16.9 Å². The minimum Gasteiger partial charge on any atom is -0.480 e. The van der Waals surface area contributed by atoms with E-state index in [9.17, 15) is 14.9 Å². The van der Waals surface area contributed by atoms with E-state index in [1.54, 1.807) is 12.1 Å². The average Bonchev–Trinajstić information content (AvgIpc) is 2.92. The Morgan fingerprint density at radius 2 is 2.00 bits per heavy atom. The Morgan fingerprint density at radius 1 is 1.32 bits per heavy atom. The van der Waals surface area contributed by atoms with Gasteiger partial charge in [0.05, 0.1) is 16.3 Å². The summed E-state index contributed by atoms with van der Waals surface area (Å²) in [5, 5.41) is 20.0. The minimum absolute atomic E-state index is 0.0212. The third kappa shape index (κ3) is 3.20. The first-order chi connectivity index (χ1) is 11.9. The van der Waals surface area contributed by atoms with Crippen LogP contribution >= 0.6 is 0 Å². The summed E-state index contributed by atoms with van der Waals surface area (Å²) in [6.07, 6.45) is 1.95. The maximum atomic E-state index is 11.2. The molecule has 25 heavy (non-hydrogen) atoms. The fourth-order valence-electron chi connectivity index (χ4n) is 2.66. The van der Waals surface area contributed by atoms with Crippen LogP contribution in [-0.2, 0) is 11.2 Å². The van der Waals surface area contributed by atoms with Crippen LogP contribution in [0.25, 0.3) is 16.9 Å². The molecule has 2 aromatic heterocycles. The molecule has 0 radical (unpaired) electrons. The zero-order chi connectivity index (χ0) is 18.1. The quantitative estimate of drug-likeness (QED) is 0.542. The second kappa shape index (κ2) is 6.33. The lowest BCUT2D eigenvalue weighted by Crippen LogP contribution is -2.32. The van der Waals surface area contributed by atoms with Crippen molar-refractivity contribution in [2.45, 2.75) is 19.4 Å². The van der Waals surface area contributed by atoms with Crippen molar-refractivity contribution in [2.24, 2.45) is 5.73 Å². The Bertz CT molecular complexity index is 963. The Kier molecular flexibility index (Phi) is 4.20. The second-order valence-corrected chi connectivity index (χ2v) is 5.79. The smallest absolute Gasteiger partial charge is 0.320 e. The molecule has 0 aliphatic carbocycles. The predicted molar refractivity (Wildman–Crippen MR) is 91.3 cm³/mol. The molecule has 2 heterocycles. The van der Waals surface area contributed by atoms with E-state index in [4.69, 9.17) is 10.8 Å². The van der Waals surface area contributed by atoms with Gasteiger partial charge in [0, 0.05) is 30.3 Å². The molecule has 1 aromatic carbocycles. The number of aliphatic carboxylic acids is 1. The first-order valence-corrected chi connectivity index (χ1v) is 7.57. The zero-order valence-corrected chi connectivity index (χ0v) is 13.4. The molecule has 0 amide bonds. The summed E-state index contributed by atoms with van der Waals surface area (Å²) in [7, 11) is 0. The number of nitro benzene ring substituents is 1. The van der Waals surface area contributed by atoms with Crippen LogP contribution in [0.15, 0.2) is 42.6 Å². The number of imidazole rings is 1. The number of nitrogens with zero attached hydrogens (tertiary/aromatic N) is 3. The van der Waals surface area contributed by atoms with Crippen LogP contribution in [0.4, 0.5) is 5.69 Å². The lowest BCUT2D eigenvalue weighted by Gasteiger charge is -2.09. The Morgan fingerprint density at radius 3 is 2.60 bits per heavy atom. The number of carbonyl (C=O) groups is 1. The van der Waals surface area contributed by atoms with Gasteiger partial charge < -0.3 is 15.2 Å².